The Morgan fingerprint density at radius 1 is 1.17 bits per heavy atom. The maximum Gasteiger partial charge on any atom is 0.211 e. The number of nitrogens with zero attached hydrogens (tertiary/aromatic N) is 1. The van der Waals surface area contributed by atoms with Gasteiger partial charge in [0.15, 0.2) is 0 Å². The number of thioether (sulfide) groups is 1. The van der Waals surface area contributed by atoms with Crippen molar-refractivity contribution in [2.24, 2.45) is 5.92 Å². The molecule has 2 rings (SSSR count). The molecule has 2 aliphatic rings. The SMILES string of the molecule is CS(=O)(=O)N1CCC(NCC2CCSCC2)CC1. The fraction of sp³-hybridized carbons (Fsp3) is 1.00. The number of hydrogen-bond donors (Lipinski definition) is 1. The van der Waals surface area contributed by atoms with E-state index in [0.29, 0.717) is 19.1 Å². The van der Waals surface area contributed by atoms with Gasteiger partial charge >= 0.3 is 0 Å². The van der Waals surface area contributed by atoms with E-state index in [0.717, 1.165) is 25.3 Å². The van der Waals surface area contributed by atoms with Gasteiger partial charge in [-0.25, -0.2) is 12.7 Å². The zero-order valence-corrected chi connectivity index (χ0v) is 12.7. The van der Waals surface area contributed by atoms with Crippen molar-refractivity contribution in [1.29, 1.82) is 0 Å². The van der Waals surface area contributed by atoms with E-state index < -0.39 is 10.0 Å². The molecule has 2 heterocycles. The van der Waals surface area contributed by atoms with E-state index >= 15 is 0 Å². The van der Waals surface area contributed by atoms with Crippen LogP contribution in [0, 0.1) is 5.92 Å². The van der Waals surface area contributed by atoms with E-state index in [2.05, 4.69) is 17.1 Å². The average molecular weight is 292 g/mol. The third kappa shape index (κ3) is 4.40. The highest BCUT2D eigenvalue weighted by atomic mass is 32.2. The van der Waals surface area contributed by atoms with Crippen molar-refractivity contribution in [3.8, 4) is 0 Å². The van der Waals surface area contributed by atoms with Crippen molar-refractivity contribution in [1.82, 2.24) is 9.62 Å². The Bertz CT molecular complexity index is 345. The van der Waals surface area contributed by atoms with Gasteiger partial charge in [0.2, 0.25) is 10.0 Å². The molecule has 6 heteroatoms. The molecule has 1 N–H and O–H groups in total. The molecule has 106 valence electrons. The first-order valence-electron chi connectivity index (χ1n) is 6.82. The molecule has 2 fully saturated rings. The Kier molecular flexibility index (Phi) is 5.35. The predicted molar refractivity (Wildman–Crippen MR) is 77.5 cm³/mol. The number of nitrogens with one attached hydrogen (secondary N) is 1. The van der Waals surface area contributed by atoms with Crippen LogP contribution in [0.15, 0.2) is 0 Å². The van der Waals surface area contributed by atoms with Crippen molar-refractivity contribution in [3.05, 3.63) is 0 Å². The highest BCUT2D eigenvalue weighted by Crippen LogP contribution is 2.22. The maximum absolute atomic E-state index is 11.4. The van der Waals surface area contributed by atoms with Gasteiger partial charge in [-0.3, -0.25) is 0 Å². The lowest BCUT2D eigenvalue weighted by Gasteiger charge is -2.32. The van der Waals surface area contributed by atoms with Gasteiger partial charge in [-0.15, -0.1) is 0 Å². The number of piperidine rings is 1. The lowest BCUT2D eigenvalue weighted by molar-refractivity contribution is 0.278. The minimum atomic E-state index is -2.98. The van der Waals surface area contributed by atoms with Crippen LogP contribution in [0.5, 0.6) is 0 Å². The average Bonchev–Trinajstić information content (AvgIpc) is 2.37. The molecule has 0 atom stereocenters. The highest BCUT2D eigenvalue weighted by molar-refractivity contribution is 7.99. The van der Waals surface area contributed by atoms with Crippen LogP contribution in [-0.4, -0.2) is 56.2 Å². The summed E-state index contributed by atoms with van der Waals surface area (Å²) in [5, 5.41) is 3.63. The standard InChI is InChI=1S/C12H24N2O2S2/c1-18(15,16)14-6-2-12(3-7-14)13-10-11-4-8-17-9-5-11/h11-13H,2-10H2,1H3. The largest absolute Gasteiger partial charge is 0.314 e. The van der Waals surface area contributed by atoms with Crippen molar-refractivity contribution in [2.75, 3.05) is 37.4 Å². The Labute approximate surface area is 115 Å². The molecular formula is C12H24N2O2S2. The van der Waals surface area contributed by atoms with Crippen LogP contribution in [0.4, 0.5) is 0 Å². The maximum atomic E-state index is 11.4. The van der Waals surface area contributed by atoms with Gasteiger partial charge in [-0.2, -0.15) is 11.8 Å². The van der Waals surface area contributed by atoms with Gasteiger partial charge in [0, 0.05) is 19.1 Å². The number of rotatable bonds is 4. The second-order valence-corrected chi connectivity index (χ2v) is 8.61. The minimum absolute atomic E-state index is 0.512. The molecule has 0 unspecified atom stereocenters. The van der Waals surface area contributed by atoms with E-state index in [4.69, 9.17) is 0 Å². The van der Waals surface area contributed by atoms with Crippen LogP contribution in [0.2, 0.25) is 0 Å². The molecule has 4 nitrogen and oxygen atoms in total. The molecule has 0 amide bonds. The summed E-state index contributed by atoms with van der Waals surface area (Å²) in [6.07, 6.45) is 5.88. The number of sulfonamides is 1. The first-order chi connectivity index (χ1) is 8.55. The first kappa shape index (κ1) is 14.6. The summed E-state index contributed by atoms with van der Waals surface area (Å²) in [5.74, 6) is 3.44. The predicted octanol–water partition coefficient (Wildman–Crippen LogP) is 1.14. The monoisotopic (exact) mass is 292 g/mol. The zero-order chi connectivity index (χ0) is 13.0. The smallest absolute Gasteiger partial charge is 0.211 e. The third-order valence-electron chi connectivity index (χ3n) is 3.96. The van der Waals surface area contributed by atoms with Crippen molar-refractivity contribution in [2.45, 2.75) is 31.7 Å². The summed E-state index contributed by atoms with van der Waals surface area (Å²) in [6, 6.07) is 0.512. The van der Waals surface area contributed by atoms with E-state index in [1.165, 1.54) is 30.6 Å². The van der Waals surface area contributed by atoms with E-state index in [1.807, 2.05) is 0 Å². The third-order valence-corrected chi connectivity index (χ3v) is 6.31. The molecule has 0 bridgehead atoms. The van der Waals surface area contributed by atoms with E-state index in [9.17, 15) is 8.42 Å². The van der Waals surface area contributed by atoms with Crippen LogP contribution in [-0.2, 0) is 10.0 Å². The van der Waals surface area contributed by atoms with Gasteiger partial charge in [0.1, 0.15) is 0 Å². The van der Waals surface area contributed by atoms with Gasteiger partial charge < -0.3 is 5.32 Å². The molecule has 0 spiro atoms. The summed E-state index contributed by atoms with van der Waals surface area (Å²) in [7, 11) is -2.98. The van der Waals surface area contributed by atoms with E-state index in [-0.39, 0.29) is 0 Å². The first-order valence-corrected chi connectivity index (χ1v) is 9.82. The van der Waals surface area contributed by atoms with Crippen LogP contribution in [0.3, 0.4) is 0 Å². The van der Waals surface area contributed by atoms with Crippen molar-refractivity contribution < 1.29 is 8.42 Å². The van der Waals surface area contributed by atoms with Crippen LogP contribution < -0.4 is 5.32 Å². The quantitative estimate of drug-likeness (QED) is 0.844. The Hall–Kier alpha value is 0.220. The van der Waals surface area contributed by atoms with Gasteiger partial charge in [-0.05, 0) is 49.7 Å². The minimum Gasteiger partial charge on any atom is -0.314 e. The molecule has 0 aromatic carbocycles. The second-order valence-electron chi connectivity index (χ2n) is 5.40. The molecule has 0 aliphatic carbocycles. The normalized spacial score (nSPS) is 25.4. The summed E-state index contributed by atoms with van der Waals surface area (Å²) in [6.45, 7) is 2.47. The Balaban J connectivity index is 1.67. The van der Waals surface area contributed by atoms with Crippen molar-refractivity contribution in [3.63, 3.8) is 0 Å². The summed E-state index contributed by atoms with van der Waals surface area (Å²) in [4.78, 5) is 0. The Morgan fingerprint density at radius 2 is 1.78 bits per heavy atom. The zero-order valence-electron chi connectivity index (χ0n) is 11.1. The lowest BCUT2D eigenvalue weighted by Crippen LogP contribution is -2.45. The molecule has 0 saturated carbocycles. The summed E-state index contributed by atoms with van der Waals surface area (Å²) >= 11 is 2.06. The van der Waals surface area contributed by atoms with Gasteiger partial charge in [0.05, 0.1) is 6.26 Å². The molecule has 0 radical (unpaired) electrons. The molecule has 0 aromatic rings. The highest BCUT2D eigenvalue weighted by Gasteiger charge is 2.25. The number of hydrogen-bond acceptors (Lipinski definition) is 4. The summed E-state index contributed by atoms with van der Waals surface area (Å²) in [5.41, 5.74) is 0. The molecule has 2 saturated heterocycles. The second kappa shape index (κ2) is 6.59. The molecule has 2 aliphatic heterocycles. The molecule has 18 heavy (non-hydrogen) atoms. The Morgan fingerprint density at radius 3 is 2.33 bits per heavy atom. The van der Waals surface area contributed by atoms with Crippen molar-refractivity contribution >= 4 is 21.8 Å². The van der Waals surface area contributed by atoms with Crippen LogP contribution in [0.1, 0.15) is 25.7 Å². The van der Waals surface area contributed by atoms with E-state index in [1.54, 1.807) is 4.31 Å². The fourth-order valence-corrected chi connectivity index (χ4v) is 4.75. The van der Waals surface area contributed by atoms with Gasteiger partial charge in [-0.1, -0.05) is 0 Å². The molecular weight excluding hydrogens is 268 g/mol. The van der Waals surface area contributed by atoms with Gasteiger partial charge in [0.25, 0.3) is 0 Å². The summed E-state index contributed by atoms with van der Waals surface area (Å²) < 4.78 is 24.4. The van der Waals surface area contributed by atoms with Crippen LogP contribution >= 0.6 is 11.8 Å². The lowest BCUT2D eigenvalue weighted by atomic mass is 10.0. The topological polar surface area (TPSA) is 49.4 Å². The molecule has 0 aromatic heterocycles. The fourth-order valence-electron chi connectivity index (χ4n) is 2.68. The van der Waals surface area contributed by atoms with Crippen LogP contribution in [0.25, 0.3) is 0 Å².